The van der Waals surface area contributed by atoms with Gasteiger partial charge in [0, 0.05) is 44.8 Å². The number of amides is 1. The number of carbonyl (C=O) groups is 3. The predicted octanol–water partition coefficient (Wildman–Crippen LogP) is 1.92. The molecule has 142 valence electrons. The molecule has 0 unspecified atom stereocenters. The Morgan fingerprint density at radius 2 is 1.73 bits per heavy atom. The highest BCUT2D eigenvalue weighted by Crippen LogP contribution is 2.06. The van der Waals surface area contributed by atoms with Crippen LogP contribution in [0.4, 0.5) is 0 Å². The number of nitrogens with one attached hydrogen (secondary N) is 2. The molecule has 2 N–H and O–H groups in total. The summed E-state index contributed by atoms with van der Waals surface area (Å²) in [5.74, 6) is -0.0315. The van der Waals surface area contributed by atoms with Crippen LogP contribution in [0, 0.1) is 0 Å². The van der Waals surface area contributed by atoms with Gasteiger partial charge in [0.1, 0.15) is 12.4 Å². The summed E-state index contributed by atoms with van der Waals surface area (Å²) >= 11 is 0. The highest BCUT2D eigenvalue weighted by atomic mass is 16.5. The van der Waals surface area contributed by atoms with Crippen molar-refractivity contribution in [3.63, 3.8) is 0 Å². The standard InChI is InChI=1S/C20H28N2O4/c1-15(21-3)11-19(24)12-17-6-8-18(9-7-17)13-22-20(25)14-26-10-4-5-16(2)23/h6-9,11,21H,4-5,10,12-14H2,1-3H3,(H,22,25)/b15-11-. The average Bonchev–Trinajstić information content (AvgIpc) is 2.60. The lowest BCUT2D eigenvalue weighted by atomic mass is 10.1. The Morgan fingerprint density at radius 1 is 1.08 bits per heavy atom. The van der Waals surface area contributed by atoms with Gasteiger partial charge in [0.05, 0.1) is 0 Å². The van der Waals surface area contributed by atoms with Crippen molar-refractivity contribution in [2.45, 2.75) is 39.7 Å². The first-order valence-electron chi connectivity index (χ1n) is 8.71. The van der Waals surface area contributed by atoms with Gasteiger partial charge in [0.2, 0.25) is 5.91 Å². The first-order chi connectivity index (χ1) is 12.4. The lowest BCUT2D eigenvalue weighted by molar-refractivity contribution is -0.126. The van der Waals surface area contributed by atoms with Crippen molar-refractivity contribution >= 4 is 17.5 Å². The summed E-state index contributed by atoms with van der Waals surface area (Å²) in [6.07, 6.45) is 3.04. The molecule has 0 saturated carbocycles. The quantitative estimate of drug-likeness (QED) is 0.439. The Morgan fingerprint density at radius 3 is 2.35 bits per heavy atom. The number of benzene rings is 1. The van der Waals surface area contributed by atoms with Crippen LogP contribution in [0.1, 0.15) is 37.8 Å². The molecule has 6 nitrogen and oxygen atoms in total. The lowest BCUT2D eigenvalue weighted by Gasteiger charge is -2.07. The van der Waals surface area contributed by atoms with Gasteiger partial charge in [0.25, 0.3) is 0 Å². The van der Waals surface area contributed by atoms with Gasteiger partial charge < -0.3 is 20.2 Å². The second-order valence-electron chi connectivity index (χ2n) is 6.17. The molecule has 0 heterocycles. The molecule has 0 aliphatic carbocycles. The molecule has 6 heteroatoms. The molecule has 0 spiro atoms. The van der Waals surface area contributed by atoms with Crippen LogP contribution in [0.2, 0.25) is 0 Å². The van der Waals surface area contributed by atoms with E-state index in [1.165, 1.54) is 6.92 Å². The van der Waals surface area contributed by atoms with Crippen LogP contribution in [0.15, 0.2) is 36.0 Å². The van der Waals surface area contributed by atoms with Crippen molar-refractivity contribution in [2.75, 3.05) is 20.3 Å². The Kier molecular flexibility index (Phi) is 9.94. The maximum absolute atomic E-state index is 11.9. The number of Topliss-reactive ketones (excluding diaryl/α,β-unsaturated/α-hetero) is 1. The van der Waals surface area contributed by atoms with Gasteiger partial charge in [-0.05, 0) is 31.4 Å². The van der Waals surface area contributed by atoms with Crippen LogP contribution < -0.4 is 10.6 Å². The maximum atomic E-state index is 11.9. The van der Waals surface area contributed by atoms with Crippen molar-refractivity contribution in [1.29, 1.82) is 0 Å². The molecular formula is C20H28N2O4. The maximum Gasteiger partial charge on any atom is 0.246 e. The molecule has 0 aliphatic heterocycles. The van der Waals surface area contributed by atoms with E-state index in [-0.39, 0.29) is 24.1 Å². The number of ketones is 2. The fourth-order valence-corrected chi connectivity index (χ4v) is 2.18. The highest BCUT2D eigenvalue weighted by Gasteiger charge is 2.04. The molecule has 26 heavy (non-hydrogen) atoms. The monoisotopic (exact) mass is 360 g/mol. The minimum absolute atomic E-state index is 0.0123. The zero-order chi connectivity index (χ0) is 19.4. The number of ether oxygens (including phenoxy) is 1. The first kappa shape index (κ1) is 21.6. The van der Waals surface area contributed by atoms with Gasteiger partial charge in [-0.3, -0.25) is 9.59 Å². The molecule has 0 radical (unpaired) electrons. The van der Waals surface area contributed by atoms with Gasteiger partial charge in [-0.25, -0.2) is 0 Å². The molecule has 0 fully saturated rings. The van der Waals surface area contributed by atoms with Crippen LogP contribution in [-0.4, -0.2) is 37.7 Å². The zero-order valence-electron chi connectivity index (χ0n) is 15.8. The van der Waals surface area contributed by atoms with E-state index in [1.54, 1.807) is 13.1 Å². The average molecular weight is 360 g/mol. The molecule has 0 aliphatic rings. The summed E-state index contributed by atoms with van der Waals surface area (Å²) in [6.45, 7) is 4.17. The fourth-order valence-electron chi connectivity index (χ4n) is 2.18. The van der Waals surface area contributed by atoms with Crippen molar-refractivity contribution in [1.82, 2.24) is 10.6 Å². The normalized spacial score (nSPS) is 11.1. The molecule has 0 aromatic heterocycles. The lowest BCUT2D eigenvalue weighted by Crippen LogP contribution is -2.27. The summed E-state index contributed by atoms with van der Waals surface area (Å²) in [7, 11) is 1.78. The van der Waals surface area contributed by atoms with E-state index in [0.717, 1.165) is 16.8 Å². The third-order valence-electron chi connectivity index (χ3n) is 3.71. The number of hydrogen-bond donors (Lipinski definition) is 2. The number of hydrogen-bond acceptors (Lipinski definition) is 5. The topological polar surface area (TPSA) is 84.5 Å². The van der Waals surface area contributed by atoms with Gasteiger partial charge in [-0.2, -0.15) is 0 Å². The Labute approximate surface area is 155 Å². The van der Waals surface area contributed by atoms with Crippen molar-refractivity contribution in [3.05, 3.63) is 47.2 Å². The summed E-state index contributed by atoms with van der Waals surface area (Å²) in [6, 6.07) is 7.57. The van der Waals surface area contributed by atoms with E-state index >= 15 is 0 Å². The molecule has 1 rings (SSSR count). The SMILES string of the molecule is CN/C(C)=C\C(=O)Cc1ccc(CNC(=O)COCCCC(C)=O)cc1. The van der Waals surface area contributed by atoms with Crippen LogP contribution in [0.5, 0.6) is 0 Å². The number of rotatable bonds is 12. The second kappa shape index (κ2) is 12.0. The van der Waals surface area contributed by atoms with E-state index in [2.05, 4.69) is 10.6 Å². The number of allylic oxidation sites excluding steroid dienone is 2. The van der Waals surface area contributed by atoms with Gasteiger partial charge in [-0.15, -0.1) is 0 Å². The van der Waals surface area contributed by atoms with Crippen LogP contribution in [-0.2, 0) is 32.1 Å². The smallest absolute Gasteiger partial charge is 0.246 e. The van der Waals surface area contributed by atoms with Gasteiger partial charge >= 0.3 is 0 Å². The van der Waals surface area contributed by atoms with E-state index in [4.69, 9.17) is 4.74 Å². The molecule has 0 bridgehead atoms. The fraction of sp³-hybridized carbons (Fsp3) is 0.450. The Hall–Kier alpha value is -2.47. The minimum Gasteiger partial charge on any atom is -0.392 e. The van der Waals surface area contributed by atoms with Gasteiger partial charge in [0.15, 0.2) is 5.78 Å². The van der Waals surface area contributed by atoms with Crippen molar-refractivity contribution in [3.8, 4) is 0 Å². The Bertz CT molecular complexity index is 636. The third kappa shape index (κ3) is 9.74. The van der Waals surface area contributed by atoms with E-state index in [9.17, 15) is 14.4 Å². The van der Waals surface area contributed by atoms with E-state index in [0.29, 0.717) is 32.4 Å². The first-order valence-corrected chi connectivity index (χ1v) is 8.71. The van der Waals surface area contributed by atoms with Crippen molar-refractivity contribution in [2.24, 2.45) is 0 Å². The predicted molar refractivity (Wildman–Crippen MR) is 101 cm³/mol. The number of carbonyl (C=O) groups excluding carboxylic acids is 3. The minimum atomic E-state index is -0.195. The summed E-state index contributed by atoms with van der Waals surface area (Å²) in [5.41, 5.74) is 2.71. The summed E-state index contributed by atoms with van der Waals surface area (Å²) in [5, 5.41) is 5.70. The Balaban J connectivity index is 2.30. The van der Waals surface area contributed by atoms with E-state index in [1.807, 2.05) is 31.2 Å². The summed E-state index contributed by atoms with van der Waals surface area (Å²) in [4.78, 5) is 34.3. The molecular weight excluding hydrogens is 332 g/mol. The van der Waals surface area contributed by atoms with E-state index < -0.39 is 0 Å². The zero-order valence-corrected chi connectivity index (χ0v) is 15.8. The second-order valence-corrected chi connectivity index (χ2v) is 6.17. The summed E-state index contributed by atoms with van der Waals surface area (Å²) < 4.78 is 5.23. The molecule has 1 amide bonds. The molecule has 0 saturated heterocycles. The van der Waals surface area contributed by atoms with Gasteiger partial charge in [-0.1, -0.05) is 24.3 Å². The highest BCUT2D eigenvalue weighted by molar-refractivity contribution is 5.91. The molecule has 1 aromatic rings. The van der Waals surface area contributed by atoms with Crippen LogP contribution in [0.3, 0.4) is 0 Å². The van der Waals surface area contributed by atoms with Crippen LogP contribution >= 0.6 is 0 Å². The third-order valence-corrected chi connectivity index (χ3v) is 3.71. The largest absolute Gasteiger partial charge is 0.392 e. The van der Waals surface area contributed by atoms with Crippen molar-refractivity contribution < 1.29 is 19.1 Å². The molecule has 0 atom stereocenters. The molecule has 1 aromatic carbocycles. The van der Waals surface area contributed by atoms with Crippen LogP contribution in [0.25, 0.3) is 0 Å².